The number of benzene rings is 2. The molecule has 0 bridgehead atoms. The van der Waals surface area contributed by atoms with Gasteiger partial charge in [0.25, 0.3) is 0 Å². The Hall–Kier alpha value is -2.49. The van der Waals surface area contributed by atoms with Crippen molar-refractivity contribution < 1.29 is 9.53 Å². The molecule has 1 amide bonds. The van der Waals surface area contributed by atoms with Gasteiger partial charge in [-0.25, -0.2) is 0 Å². The highest BCUT2D eigenvalue weighted by molar-refractivity contribution is 5.94. The van der Waals surface area contributed by atoms with Crippen LogP contribution in [0.3, 0.4) is 0 Å². The molecule has 0 saturated heterocycles. The summed E-state index contributed by atoms with van der Waals surface area (Å²) < 4.78 is 5.83. The van der Waals surface area contributed by atoms with Crippen molar-refractivity contribution in [2.75, 3.05) is 23.8 Å². The molecule has 2 rings (SSSR count). The summed E-state index contributed by atoms with van der Waals surface area (Å²) in [5.41, 5.74) is 2.91. The maximum atomic E-state index is 12.3. The number of nitrogens with one attached hydrogen (secondary N) is 2. The Morgan fingerprint density at radius 2 is 1.79 bits per heavy atom. The number of para-hydroxylation sites is 1. The zero-order valence-electron chi connectivity index (χ0n) is 17.5. The quantitative estimate of drug-likeness (QED) is 0.429. The molecule has 2 aromatic carbocycles. The molecule has 4 heteroatoms. The topological polar surface area (TPSA) is 50.4 Å². The van der Waals surface area contributed by atoms with Gasteiger partial charge in [-0.3, -0.25) is 4.79 Å². The minimum absolute atomic E-state index is 0.0599. The van der Waals surface area contributed by atoms with Crippen LogP contribution in [0.15, 0.2) is 48.5 Å². The van der Waals surface area contributed by atoms with E-state index in [-0.39, 0.29) is 12.5 Å². The van der Waals surface area contributed by atoms with Crippen molar-refractivity contribution in [1.82, 2.24) is 0 Å². The first-order valence-electron chi connectivity index (χ1n) is 10.5. The normalized spacial score (nSPS) is 10.7. The van der Waals surface area contributed by atoms with Crippen molar-refractivity contribution in [3.05, 3.63) is 54.1 Å². The molecule has 0 spiro atoms. The van der Waals surface area contributed by atoms with Crippen molar-refractivity contribution in [2.45, 2.75) is 58.8 Å². The highest BCUT2D eigenvalue weighted by atomic mass is 16.5. The molecule has 0 fully saturated rings. The van der Waals surface area contributed by atoms with Crippen LogP contribution in [0.25, 0.3) is 0 Å². The lowest BCUT2D eigenvalue weighted by Crippen LogP contribution is -2.22. The van der Waals surface area contributed by atoms with Crippen molar-refractivity contribution in [3.63, 3.8) is 0 Å². The molecule has 28 heavy (non-hydrogen) atoms. The Morgan fingerprint density at radius 3 is 2.57 bits per heavy atom. The lowest BCUT2D eigenvalue weighted by molar-refractivity contribution is -0.114. The summed E-state index contributed by atoms with van der Waals surface area (Å²) in [5, 5.41) is 6.18. The number of ether oxygens (including phenoxy) is 1. The molecular weight excluding hydrogens is 348 g/mol. The Labute approximate surface area is 169 Å². The third kappa shape index (κ3) is 7.63. The molecular formula is C24H34N2O2. The largest absolute Gasteiger partial charge is 0.494 e. The van der Waals surface area contributed by atoms with Gasteiger partial charge in [-0.05, 0) is 36.1 Å². The molecule has 0 atom stereocenters. The molecule has 0 radical (unpaired) electrons. The first kappa shape index (κ1) is 21.8. The Morgan fingerprint density at radius 1 is 1.00 bits per heavy atom. The van der Waals surface area contributed by atoms with E-state index in [1.165, 1.54) is 25.7 Å². The third-order valence-corrected chi connectivity index (χ3v) is 4.66. The van der Waals surface area contributed by atoms with E-state index in [1.54, 1.807) is 0 Å². The number of hydrogen-bond acceptors (Lipinski definition) is 3. The first-order chi connectivity index (χ1) is 13.6. The van der Waals surface area contributed by atoms with Gasteiger partial charge in [0, 0.05) is 17.4 Å². The van der Waals surface area contributed by atoms with Crippen LogP contribution in [-0.4, -0.2) is 19.1 Å². The van der Waals surface area contributed by atoms with Gasteiger partial charge in [0.1, 0.15) is 5.75 Å². The first-order valence-corrected chi connectivity index (χ1v) is 10.5. The monoisotopic (exact) mass is 382 g/mol. The Bertz CT molecular complexity index is 728. The van der Waals surface area contributed by atoms with E-state index >= 15 is 0 Å². The van der Waals surface area contributed by atoms with Gasteiger partial charge in [-0.2, -0.15) is 0 Å². The van der Waals surface area contributed by atoms with Crippen LogP contribution in [0.4, 0.5) is 11.4 Å². The number of unbranched alkanes of at least 4 members (excludes halogenated alkanes) is 4. The summed E-state index contributed by atoms with van der Waals surface area (Å²) in [4.78, 5) is 12.3. The molecule has 0 heterocycles. The van der Waals surface area contributed by atoms with E-state index in [4.69, 9.17) is 4.74 Å². The minimum atomic E-state index is -0.0599. The van der Waals surface area contributed by atoms with Crippen molar-refractivity contribution in [2.24, 2.45) is 0 Å². The number of carbonyl (C=O) groups excluding carboxylic acids is 1. The van der Waals surface area contributed by atoms with E-state index in [0.29, 0.717) is 5.92 Å². The average Bonchev–Trinajstić information content (AvgIpc) is 2.69. The smallest absolute Gasteiger partial charge is 0.243 e. The van der Waals surface area contributed by atoms with Gasteiger partial charge >= 0.3 is 0 Å². The summed E-state index contributed by atoms with van der Waals surface area (Å²) >= 11 is 0. The fraction of sp³-hybridized carbons (Fsp3) is 0.458. The molecule has 152 valence electrons. The average molecular weight is 383 g/mol. The fourth-order valence-corrected chi connectivity index (χ4v) is 3.08. The lowest BCUT2D eigenvalue weighted by Gasteiger charge is -2.14. The number of amides is 1. The summed E-state index contributed by atoms with van der Waals surface area (Å²) in [7, 11) is 0. The second-order valence-electron chi connectivity index (χ2n) is 7.43. The summed E-state index contributed by atoms with van der Waals surface area (Å²) in [6, 6.07) is 15.7. The molecule has 0 unspecified atom stereocenters. The summed E-state index contributed by atoms with van der Waals surface area (Å²) in [5.74, 6) is 1.14. The van der Waals surface area contributed by atoms with Crippen LogP contribution in [0.5, 0.6) is 5.75 Å². The number of anilines is 2. The van der Waals surface area contributed by atoms with Gasteiger partial charge < -0.3 is 15.4 Å². The van der Waals surface area contributed by atoms with Crippen LogP contribution >= 0.6 is 0 Å². The SMILES string of the molecule is CCCCCCCOc1cccc(NCC(=O)Nc2ccccc2C(C)C)c1. The van der Waals surface area contributed by atoms with E-state index < -0.39 is 0 Å². The molecule has 4 nitrogen and oxygen atoms in total. The van der Waals surface area contributed by atoms with E-state index in [9.17, 15) is 4.79 Å². The van der Waals surface area contributed by atoms with E-state index in [0.717, 1.165) is 35.7 Å². The zero-order chi connectivity index (χ0) is 20.2. The number of rotatable bonds is 12. The molecule has 0 aromatic heterocycles. The van der Waals surface area contributed by atoms with Crippen LogP contribution in [0, 0.1) is 0 Å². The second kappa shape index (κ2) is 12.1. The van der Waals surface area contributed by atoms with Gasteiger partial charge in [0.2, 0.25) is 5.91 Å². The fourth-order valence-electron chi connectivity index (χ4n) is 3.08. The predicted octanol–water partition coefficient (Wildman–Crippen LogP) is 6.21. The molecule has 2 N–H and O–H groups in total. The maximum Gasteiger partial charge on any atom is 0.243 e. The molecule has 0 aliphatic carbocycles. The van der Waals surface area contributed by atoms with Crippen LogP contribution in [-0.2, 0) is 4.79 Å². The third-order valence-electron chi connectivity index (χ3n) is 4.66. The molecule has 0 aliphatic rings. The molecule has 2 aromatic rings. The highest BCUT2D eigenvalue weighted by Gasteiger charge is 2.09. The van der Waals surface area contributed by atoms with Gasteiger partial charge in [-0.15, -0.1) is 0 Å². The van der Waals surface area contributed by atoms with Crippen LogP contribution < -0.4 is 15.4 Å². The van der Waals surface area contributed by atoms with Crippen LogP contribution in [0.2, 0.25) is 0 Å². The second-order valence-corrected chi connectivity index (χ2v) is 7.43. The Kier molecular flexibility index (Phi) is 9.40. The maximum absolute atomic E-state index is 12.3. The van der Waals surface area contributed by atoms with E-state index in [2.05, 4.69) is 37.5 Å². The minimum Gasteiger partial charge on any atom is -0.494 e. The van der Waals surface area contributed by atoms with Crippen molar-refractivity contribution in [3.8, 4) is 5.75 Å². The highest BCUT2D eigenvalue weighted by Crippen LogP contribution is 2.23. The Balaban J connectivity index is 1.79. The van der Waals surface area contributed by atoms with Crippen LogP contribution in [0.1, 0.15) is 64.4 Å². The van der Waals surface area contributed by atoms with Crippen molar-refractivity contribution in [1.29, 1.82) is 0 Å². The predicted molar refractivity (Wildman–Crippen MR) is 118 cm³/mol. The lowest BCUT2D eigenvalue weighted by atomic mass is 10.0. The summed E-state index contributed by atoms with van der Waals surface area (Å²) in [6.45, 7) is 7.42. The summed E-state index contributed by atoms with van der Waals surface area (Å²) in [6.07, 6.45) is 6.12. The number of carbonyl (C=O) groups is 1. The number of hydrogen-bond donors (Lipinski definition) is 2. The van der Waals surface area contributed by atoms with Gasteiger partial charge in [-0.1, -0.05) is 70.7 Å². The van der Waals surface area contributed by atoms with Gasteiger partial charge in [0.15, 0.2) is 0 Å². The van der Waals surface area contributed by atoms with Gasteiger partial charge in [0.05, 0.1) is 13.2 Å². The molecule has 0 saturated carbocycles. The molecule has 0 aliphatic heterocycles. The van der Waals surface area contributed by atoms with Crippen molar-refractivity contribution >= 4 is 17.3 Å². The van der Waals surface area contributed by atoms with E-state index in [1.807, 2.05) is 42.5 Å². The zero-order valence-corrected chi connectivity index (χ0v) is 17.5. The standard InChI is InChI=1S/C24H34N2O2/c1-4-5-6-7-10-16-28-21-13-11-12-20(17-21)25-18-24(27)26-23-15-9-8-14-22(23)19(2)3/h8-9,11-15,17,19,25H,4-7,10,16,18H2,1-3H3,(H,26,27).